The molecule has 0 bridgehead atoms. The van der Waals surface area contributed by atoms with Crippen molar-refractivity contribution in [2.75, 3.05) is 5.32 Å². The van der Waals surface area contributed by atoms with Crippen LogP contribution in [0.1, 0.15) is 35.0 Å². The zero-order valence-electron chi connectivity index (χ0n) is 11.2. The molecule has 106 valence electrons. The van der Waals surface area contributed by atoms with E-state index >= 15 is 0 Å². The molecule has 0 aliphatic heterocycles. The Morgan fingerprint density at radius 3 is 2.60 bits per heavy atom. The lowest BCUT2D eigenvalue weighted by Crippen LogP contribution is -2.21. The van der Waals surface area contributed by atoms with Crippen LogP contribution < -0.4 is 16.8 Å². The number of hydrogen-bond donors (Lipinski definition) is 3. The van der Waals surface area contributed by atoms with Gasteiger partial charge in [0.05, 0.1) is 5.56 Å². The van der Waals surface area contributed by atoms with Crippen LogP contribution >= 0.6 is 11.3 Å². The Balaban J connectivity index is 2.20. The number of anilines is 1. The van der Waals surface area contributed by atoms with Gasteiger partial charge in [0.2, 0.25) is 0 Å². The van der Waals surface area contributed by atoms with Crippen molar-refractivity contribution in [3.05, 3.63) is 39.8 Å². The SMILES string of the molecule is CC1=CC=C(Cc2cc(C(N)=O)c(NC(N)=O)s2)CC1. The highest BCUT2D eigenvalue weighted by molar-refractivity contribution is 7.16. The van der Waals surface area contributed by atoms with Crippen LogP contribution in [0.25, 0.3) is 0 Å². The Kier molecular flexibility index (Phi) is 4.24. The minimum absolute atomic E-state index is 0.312. The van der Waals surface area contributed by atoms with Crippen molar-refractivity contribution in [3.63, 3.8) is 0 Å². The van der Waals surface area contributed by atoms with Gasteiger partial charge < -0.3 is 11.5 Å². The summed E-state index contributed by atoms with van der Waals surface area (Å²) in [4.78, 5) is 23.3. The highest BCUT2D eigenvalue weighted by Gasteiger charge is 2.16. The molecule has 0 unspecified atom stereocenters. The first-order valence-electron chi connectivity index (χ1n) is 6.30. The van der Waals surface area contributed by atoms with Gasteiger partial charge in [0.25, 0.3) is 5.91 Å². The number of primary amides is 2. The molecule has 1 aromatic heterocycles. The summed E-state index contributed by atoms with van der Waals surface area (Å²) in [6.07, 6.45) is 7.07. The van der Waals surface area contributed by atoms with E-state index in [9.17, 15) is 9.59 Å². The maximum Gasteiger partial charge on any atom is 0.317 e. The van der Waals surface area contributed by atoms with Crippen molar-refractivity contribution >= 4 is 28.3 Å². The van der Waals surface area contributed by atoms with E-state index in [1.165, 1.54) is 22.5 Å². The van der Waals surface area contributed by atoms with Crippen molar-refractivity contribution in [3.8, 4) is 0 Å². The van der Waals surface area contributed by atoms with Crippen molar-refractivity contribution in [2.24, 2.45) is 11.5 Å². The Bertz CT molecular complexity index is 614. The third kappa shape index (κ3) is 3.48. The molecule has 0 saturated heterocycles. The molecule has 0 saturated carbocycles. The molecule has 5 N–H and O–H groups in total. The first-order valence-corrected chi connectivity index (χ1v) is 7.11. The van der Waals surface area contributed by atoms with E-state index in [2.05, 4.69) is 24.4 Å². The molecule has 1 aliphatic carbocycles. The van der Waals surface area contributed by atoms with Crippen molar-refractivity contribution in [2.45, 2.75) is 26.2 Å². The van der Waals surface area contributed by atoms with Crippen LogP contribution in [0.2, 0.25) is 0 Å². The number of nitrogens with two attached hydrogens (primary N) is 2. The number of thiophene rings is 1. The second-order valence-electron chi connectivity index (χ2n) is 4.82. The van der Waals surface area contributed by atoms with Gasteiger partial charge in [-0.15, -0.1) is 11.3 Å². The fourth-order valence-corrected chi connectivity index (χ4v) is 3.19. The summed E-state index contributed by atoms with van der Waals surface area (Å²) in [7, 11) is 0. The normalized spacial score (nSPS) is 14.4. The van der Waals surface area contributed by atoms with Crippen molar-refractivity contribution < 1.29 is 9.59 Å². The molecule has 5 nitrogen and oxygen atoms in total. The fraction of sp³-hybridized carbons (Fsp3) is 0.286. The van der Waals surface area contributed by atoms with Gasteiger partial charge in [0, 0.05) is 11.3 Å². The predicted octanol–water partition coefficient (Wildman–Crippen LogP) is 2.55. The second kappa shape index (κ2) is 5.92. The Morgan fingerprint density at radius 2 is 2.05 bits per heavy atom. The summed E-state index contributed by atoms with van der Waals surface area (Å²) in [5, 5.41) is 2.86. The summed E-state index contributed by atoms with van der Waals surface area (Å²) >= 11 is 1.34. The van der Waals surface area contributed by atoms with Gasteiger partial charge in [-0.3, -0.25) is 10.1 Å². The molecule has 0 radical (unpaired) electrons. The van der Waals surface area contributed by atoms with Crippen LogP contribution in [0.4, 0.5) is 9.80 Å². The third-order valence-electron chi connectivity index (χ3n) is 3.13. The summed E-state index contributed by atoms with van der Waals surface area (Å²) < 4.78 is 0. The monoisotopic (exact) mass is 291 g/mol. The molecule has 2 rings (SSSR count). The molecular formula is C14H17N3O2S. The van der Waals surface area contributed by atoms with Crippen LogP contribution in [0.15, 0.2) is 29.4 Å². The van der Waals surface area contributed by atoms with Gasteiger partial charge in [0.15, 0.2) is 0 Å². The quantitative estimate of drug-likeness (QED) is 0.794. The van der Waals surface area contributed by atoms with Crippen LogP contribution in [0.3, 0.4) is 0 Å². The molecule has 0 fully saturated rings. The maximum absolute atomic E-state index is 11.4. The van der Waals surface area contributed by atoms with E-state index in [1.807, 2.05) is 0 Å². The van der Waals surface area contributed by atoms with Crippen molar-refractivity contribution in [1.82, 2.24) is 0 Å². The zero-order chi connectivity index (χ0) is 14.7. The number of amides is 3. The summed E-state index contributed by atoms with van der Waals surface area (Å²) in [5.74, 6) is -0.565. The van der Waals surface area contributed by atoms with E-state index in [4.69, 9.17) is 11.5 Å². The highest BCUT2D eigenvalue weighted by Crippen LogP contribution is 2.31. The Labute approximate surface area is 121 Å². The summed E-state index contributed by atoms with van der Waals surface area (Å²) in [6.45, 7) is 2.11. The van der Waals surface area contributed by atoms with Gasteiger partial charge in [-0.2, -0.15) is 0 Å². The number of carbonyl (C=O) groups excluding carboxylic acids is 2. The second-order valence-corrected chi connectivity index (χ2v) is 5.96. The molecule has 0 spiro atoms. The maximum atomic E-state index is 11.4. The Hall–Kier alpha value is -2.08. The molecule has 6 heteroatoms. The lowest BCUT2D eigenvalue weighted by atomic mass is 9.97. The van der Waals surface area contributed by atoms with Gasteiger partial charge in [-0.25, -0.2) is 4.79 Å². The number of carbonyl (C=O) groups is 2. The van der Waals surface area contributed by atoms with Gasteiger partial charge >= 0.3 is 6.03 Å². The average molecular weight is 291 g/mol. The number of urea groups is 1. The minimum Gasteiger partial charge on any atom is -0.366 e. The summed E-state index contributed by atoms with van der Waals surface area (Å²) in [5.41, 5.74) is 13.4. The van der Waals surface area contributed by atoms with E-state index in [0.717, 1.165) is 24.1 Å². The third-order valence-corrected chi connectivity index (χ3v) is 4.18. The minimum atomic E-state index is -0.698. The molecule has 0 atom stereocenters. The summed E-state index contributed by atoms with van der Waals surface area (Å²) in [6, 6.07) is 1.03. The van der Waals surface area contributed by atoms with Crippen LogP contribution in [-0.4, -0.2) is 11.9 Å². The van der Waals surface area contributed by atoms with E-state index in [-0.39, 0.29) is 0 Å². The number of allylic oxidation sites excluding steroid dienone is 4. The van der Waals surface area contributed by atoms with Crippen LogP contribution in [-0.2, 0) is 6.42 Å². The van der Waals surface area contributed by atoms with Gasteiger partial charge in [-0.05, 0) is 25.8 Å². The molecule has 1 aliphatic rings. The number of nitrogens with one attached hydrogen (secondary N) is 1. The standard InChI is InChI=1S/C14H17N3O2S/c1-8-2-4-9(5-3-8)6-10-7-11(12(15)18)13(20-10)17-14(16)19/h2,4,7H,3,5-6H2,1H3,(H2,15,18)(H3,16,17,19). The van der Waals surface area contributed by atoms with Crippen molar-refractivity contribution in [1.29, 1.82) is 0 Å². The van der Waals surface area contributed by atoms with Gasteiger partial charge in [-0.1, -0.05) is 23.3 Å². The molecule has 0 aromatic carbocycles. The van der Waals surface area contributed by atoms with Crippen LogP contribution in [0.5, 0.6) is 0 Å². The largest absolute Gasteiger partial charge is 0.366 e. The average Bonchev–Trinajstić information content (AvgIpc) is 2.74. The molecule has 1 heterocycles. The first-order chi connectivity index (χ1) is 9.45. The highest BCUT2D eigenvalue weighted by atomic mass is 32.1. The Morgan fingerprint density at radius 1 is 1.30 bits per heavy atom. The van der Waals surface area contributed by atoms with Gasteiger partial charge in [0.1, 0.15) is 5.00 Å². The lowest BCUT2D eigenvalue weighted by molar-refractivity contribution is 0.100. The fourth-order valence-electron chi connectivity index (χ4n) is 2.07. The van der Waals surface area contributed by atoms with Crippen LogP contribution in [0, 0.1) is 0 Å². The zero-order valence-corrected chi connectivity index (χ0v) is 12.0. The first kappa shape index (κ1) is 14.3. The van der Waals surface area contributed by atoms with E-state index in [0.29, 0.717) is 10.6 Å². The molecule has 3 amide bonds. The topological polar surface area (TPSA) is 98.2 Å². The lowest BCUT2D eigenvalue weighted by Gasteiger charge is -2.10. The molecular weight excluding hydrogens is 274 g/mol. The predicted molar refractivity (Wildman–Crippen MR) is 80.8 cm³/mol. The van der Waals surface area contributed by atoms with E-state index < -0.39 is 11.9 Å². The number of rotatable bonds is 4. The molecule has 20 heavy (non-hydrogen) atoms. The number of hydrogen-bond acceptors (Lipinski definition) is 3. The molecule has 1 aromatic rings. The van der Waals surface area contributed by atoms with E-state index in [1.54, 1.807) is 6.07 Å². The smallest absolute Gasteiger partial charge is 0.317 e.